The largest absolute Gasteiger partial charge is 0.416 e. The lowest BCUT2D eigenvalue weighted by atomic mass is 10.2. The molecular weight excluding hydrogens is 271 g/mol. The topological polar surface area (TPSA) is 55.1 Å². The van der Waals surface area contributed by atoms with Crippen LogP contribution in [-0.4, -0.2) is 19.8 Å². The number of benzene rings is 1. The Morgan fingerprint density at radius 3 is 2.45 bits per heavy atom. The molecule has 0 aliphatic rings. The average Bonchev–Trinajstić information content (AvgIpc) is 2.82. The Hall–Kier alpha value is -2.64. The maximum Gasteiger partial charge on any atom is 0.416 e. The van der Waals surface area contributed by atoms with Crippen molar-refractivity contribution >= 4 is 17.3 Å². The van der Waals surface area contributed by atoms with E-state index in [0.29, 0.717) is 17.3 Å². The molecule has 0 unspecified atom stereocenters. The highest BCUT2D eigenvalue weighted by atomic mass is 19.4. The summed E-state index contributed by atoms with van der Waals surface area (Å²) in [5.41, 5.74) is 0.312. The van der Waals surface area contributed by atoms with Gasteiger partial charge in [-0.2, -0.15) is 22.8 Å². The van der Waals surface area contributed by atoms with Gasteiger partial charge in [-0.3, -0.25) is 0 Å². The number of hydrogen-bond donors (Lipinski definition) is 1. The minimum absolute atomic E-state index is 0.334. The van der Waals surface area contributed by atoms with Crippen LogP contribution in [-0.2, 0) is 6.18 Å². The molecule has 5 nitrogen and oxygen atoms in total. The molecule has 3 aromatic rings. The van der Waals surface area contributed by atoms with Gasteiger partial charge in [0.05, 0.1) is 5.56 Å². The number of rotatable bonds is 2. The Kier molecular flexibility index (Phi) is 2.78. The molecule has 102 valence electrons. The summed E-state index contributed by atoms with van der Waals surface area (Å²) in [6.07, 6.45) is -2.78. The van der Waals surface area contributed by atoms with Crippen molar-refractivity contribution in [1.29, 1.82) is 0 Å². The van der Waals surface area contributed by atoms with Crippen molar-refractivity contribution in [2.75, 3.05) is 5.32 Å². The third kappa shape index (κ3) is 2.27. The van der Waals surface area contributed by atoms with Gasteiger partial charge in [0.25, 0.3) is 0 Å². The molecule has 0 aliphatic heterocycles. The maximum absolute atomic E-state index is 12.4. The van der Waals surface area contributed by atoms with Gasteiger partial charge in [0.2, 0.25) is 5.95 Å². The monoisotopic (exact) mass is 279 g/mol. The summed E-state index contributed by atoms with van der Waals surface area (Å²) in [7, 11) is 0. The van der Waals surface area contributed by atoms with Crippen molar-refractivity contribution in [3.05, 3.63) is 48.2 Å². The zero-order valence-electron chi connectivity index (χ0n) is 9.96. The number of fused-ring (bicyclic) bond motifs is 1. The average molecular weight is 279 g/mol. The molecule has 20 heavy (non-hydrogen) atoms. The Morgan fingerprint density at radius 1 is 1.00 bits per heavy atom. The fourth-order valence-electron chi connectivity index (χ4n) is 1.69. The van der Waals surface area contributed by atoms with Gasteiger partial charge in [-0.1, -0.05) is 0 Å². The van der Waals surface area contributed by atoms with Crippen molar-refractivity contribution in [2.24, 2.45) is 0 Å². The number of alkyl halides is 3. The first-order valence-electron chi connectivity index (χ1n) is 5.65. The summed E-state index contributed by atoms with van der Waals surface area (Å²) in [6, 6.07) is 8.08. The van der Waals surface area contributed by atoms with Gasteiger partial charge < -0.3 is 5.32 Å². The van der Waals surface area contributed by atoms with Gasteiger partial charge in [-0.15, -0.1) is 10.2 Å². The van der Waals surface area contributed by atoms with Crippen LogP contribution in [0.1, 0.15) is 5.56 Å². The van der Waals surface area contributed by atoms with Crippen LogP contribution in [0, 0.1) is 0 Å². The van der Waals surface area contributed by atoms with Gasteiger partial charge in [0.15, 0.2) is 5.65 Å². The molecule has 0 atom stereocenters. The SMILES string of the molecule is FC(F)(F)c1ccc(Nc2nnc3cccnn23)cc1. The maximum atomic E-state index is 12.4. The lowest BCUT2D eigenvalue weighted by Crippen LogP contribution is -2.05. The third-order valence-electron chi connectivity index (χ3n) is 2.65. The molecule has 3 rings (SSSR count). The predicted octanol–water partition coefficient (Wildman–Crippen LogP) is 2.89. The molecule has 0 spiro atoms. The summed E-state index contributed by atoms with van der Waals surface area (Å²) in [4.78, 5) is 0. The lowest BCUT2D eigenvalue weighted by molar-refractivity contribution is -0.137. The Morgan fingerprint density at radius 2 is 1.75 bits per heavy atom. The third-order valence-corrected chi connectivity index (χ3v) is 2.65. The molecule has 0 aliphatic carbocycles. The smallest absolute Gasteiger partial charge is 0.323 e. The van der Waals surface area contributed by atoms with Crippen molar-refractivity contribution in [2.45, 2.75) is 6.18 Å². The predicted molar refractivity (Wildman–Crippen MR) is 65.5 cm³/mol. The second-order valence-corrected chi connectivity index (χ2v) is 4.02. The molecule has 1 aromatic carbocycles. The highest BCUT2D eigenvalue weighted by Crippen LogP contribution is 2.30. The molecule has 0 bridgehead atoms. The summed E-state index contributed by atoms with van der Waals surface area (Å²) in [6.45, 7) is 0. The van der Waals surface area contributed by atoms with Crippen LogP contribution >= 0.6 is 0 Å². The molecule has 1 N–H and O–H groups in total. The molecule has 0 fully saturated rings. The summed E-state index contributed by atoms with van der Waals surface area (Å²) in [5, 5.41) is 14.7. The van der Waals surface area contributed by atoms with Gasteiger partial charge >= 0.3 is 6.18 Å². The van der Waals surface area contributed by atoms with E-state index in [9.17, 15) is 13.2 Å². The molecular formula is C12H8F3N5. The van der Waals surface area contributed by atoms with E-state index >= 15 is 0 Å². The highest BCUT2D eigenvalue weighted by Gasteiger charge is 2.29. The Bertz CT molecular complexity index is 733. The quantitative estimate of drug-likeness (QED) is 0.783. The molecule has 0 amide bonds. The van der Waals surface area contributed by atoms with E-state index in [1.165, 1.54) is 16.6 Å². The molecule has 8 heteroatoms. The molecule has 2 heterocycles. The minimum Gasteiger partial charge on any atom is -0.323 e. The molecule has 0 saturated heterocycles. The standard InChI is InChI=1S/C12H8F3N5/c13-12(14,15)8-3-5-9(6-4-8)17-11-19-18-10-2-1-7-16-20(10)11/h1-7H,(H,17,19). The molecule has 0 saturated carbocycles. The van der Waals surface area contributed by atoms with Crippen molar-refractivity contribution in [1.82, 2.24) is 19.8 Å². The van der Waals surface area contributed by atoms with Crippen LogP contribution in [0.3, 0.4) is 0 Å². The second-order valence-electron chi connectivity index (χ2n) is 4.02. The van der Waals surface area contributed by atoms with E-state index < -0.39 is 11.7 Å². The minimum atomic E-state index is -4.35. The fraction of sp³-hybridized carbons (Fsp3) is 0.0833. The van der Waals surface area contributed by atoms with E-state index in [2.05, 4.69) is 20.6 Å². The van der Waals surface area contributed by atoms with Crippen LogP contribution in [0.15, 0.2) is 42.6 Å². The van der Waals surface area contributed by atoms with Crippen molar-refractivity contribution in [3.63, 3.8) is 0 Å². The van der Waals surface area contributed by atoms with Crippen LogP contribution in [0.4, 0.5) is 24.8 Å². The van der Waals surface area contributed by atoms with Gasteiger partial charge in [-0.25, -0.2) is 0 Å². The zero-order valence-corrected chi connectivity index (χ0v) is 9.96. The van der Waals surface area contributed by atoms with Crippen LogP contribution in [0.5, 0.6) is 0 Å². The van der Waals surface area contributed by atoms with Crippen molar-refractivity contribution in [3.8, 4) is 0 Å². The van der Waals surface area contributed by atoms with E-state index in [4.69, 9.17) is 0 Å². The van der Waals surface area contributed by atoms with Crippen molar-refractivity contribution < 1.29 is 13.2 Å². The number of aromatic nitrogens is 4. The lowest BCUT2D eigenvalue weighted by Gasteiger charge is -2.08. The Labute approximate surface area is 111 Å². The molecule has 0 radical (unpaired) electrons. The highest BCUT2D eigenvalue weighted by molar-refractivity contribution is 5.56. The number of nitrogens with one attached hydrogen (secondary N) is 1. The Balaban J connectivity index is 1.88. The number of nitrogens with zero attached hydrogens (tertiary/aromatic N) is 4. The van der Waals surface area contributed by atoms with Crippen LogP contribution in [0.2, 0.25) is 0 Å². The van der Waals surface area contributed by atoms with E-state index in [0.717, 1.165) is 12.1 Å². The van der Waals surface area contributed by atoms with Crippen LogP contribution in [0.25, 0.3) is 5.65 Å². The second kappa shape index (κ2) is 4.48. The first-order valence-corrected chi connectivity index (χ1v) is 5.65. The first kappa shape index (κ1) is 12.4. The van der Waals surface area contributed by atoms with Gasteiger partial charge in [-0.05, 0) is 36.4 Å². The van der Waals surface area contributed by atoms with E-state index in [1.54, 1.807) is 18.3 Å². The summed E-state index contributed by atoms with van der Waals surface area (Å²) in [5.74, 6) is 0.334. The summed E-state index contributed by atoms with van der Waals surface area (Å²) >= 11 is 0. The number of anilines is 2. The fourth-order valence-corrected chi connectivity index (χ4v) is 1.69. The van der Waals surface area contributed by atoms with Gasteiger partial charge in [0.1, 0.15) is 0 Å². The number of halogens is 3. The number of hydrogen-bond acceptors (Lipinski definition) is 4. The molecule has 2 aromatic heterocycles. The zero-order chi connectivity index (χ0) is 14.2. The van der Waals surface area contributed by atoms with E-state index in [1.807, 2.05) is 0 Å². The normalized spacial score (nSPS) is 11.8. The van der Waals surface area contributed by atoms with E-state index in [-0.39, 0.29) is 0 Å². The first-order chi connectivity index (χ1) is 9.54. The van der Waals surface area contributed by atoms with Crippen LogP contribution < -0.4 is 5.32 Å². The van der Waals surface area contributed by atoms with Gasteiger partial charge in [0, 0.05) is 11.9 Å². The summed E-state index contributed by atoms with van der Waals surface area (Å²) < 4.78 is 38.8.